The second-order valence-electron chi connectivity index (χ2n) is 5.34. The van der Waals surface area contributed by atoms with E-state index in [-0.39, 0.29) is 18.1 Å². The van der Waals surface area contributed by atoms with Crippen LogP contribution < -0.4 is 5.32 Å². The van der Waals surface area contributed by atoms with Crippen molar-refractivity contribution in [2.24, 2.45) is 0 Å². The minimum atomic E-state index is -0.169. The second-order valence-corrected chi connectivity index (χ2v) is 5.34. The number of rotatable bonds is 5. The van der Waals surface area contributed by atoms with Crippen LogP contribution >= 0.6 is 0 Å². The Hall–Kier alpha value is -3.27. The Balaban J connectivity index is 1.71. The van der Waals surface area contributed by atoms with Gasteiger partial charge in [0, 0.05) is 17.3 Å². The molecule has 0 bridgehead atoms. The van der Waals surface area contributed by atoms with E-state index < -0.39 is 0 Å². The van der Waals surface area contributed by atoms with Crippen LogP contribution in [-0.4, -0.2) is 16.7 Å². The zero-order valence-electron chi connectivity index (χ0n) is 13.0. The number of nitrogens with one attached hydrogen (secondary N) is 1. The number of hydrogen-bond acceptors (Lipinski definition) is 3. The van der Waals surface area contributed by atoms with Crippen LogP contribution in [0.25, 0.3) is 0 Å². The average Bonchev–Trinajstić information content (AvgIpc) is 2.63. The summed E-state index contributed by atoms with van der Waals surface area (Å²) in [5.41, 5.74) is 1.99. The molecule has 1 amide bonds. The zero-order chi connectivity index (χ0) is 16.8. The Labute approximate surface area is 140 Å². The van der Waals surface area contributed by atoms with E-state index in [2.05, 4.69) is 10.3 Å². The van der Waals surface area contributed by atoms with Gasteiger partial charge in [0.15, 0.2) is 5.78 Å². The van der Waals surface area contributed by atoms with Crippen LogP contribution in [0.4, 0.5) is 5.82 Å². The largest absolute Gasteiger partial charge is 0.310 e. The molecule has 24 heavy (non-hydrogen) atoms. The van der Waals surface area contributed by atoms with E-state index in [0.717, 1.165) is 5.56 Å². The molecule has 0 spiro atoms. The summed E-state index contributed by atoms with van der Waals surface area (Å²) in [5, 5.41) is 2.74. The summed E-state index contributed by atoms with van der Waals surface area (Å²) in [6.45, 7) is 0. The van der Waals surface area contributed by atoms with Crippen LogP contribution in [0.3, 0.4) is 0 Å². The predicted octanol–water partition coefficient (Wildman–Crippen LogP) is 3.49. The lowest BCUT2D eigenvalue weighted by Crippen LogP contribution is -2.15. The molecule has 0 aliphatic rings. The smallest absolute Gasteiger partial charge is 0.229 e. The minimum absolute atomic E-state index is 0.0532. The number of amides is 1. The Morgan fingerprint density at radius 1 is 0.833 bits per heavy atom. The van der Waals surface area contributed by atoms with Gasteiger partial charge in [0.25, 0.3) is 0 Å². The summed E-state index contributed by atoms with van der Waals surface area (Å²) >= 11 is 0. The highest BCUT2D eigenvalue weighted by Crippen LogP contribution is 2.13. The van der Waals surface area contributed by atoms with Crippen LogP contribution in [0, 0.1) is 0 Å². The first kappa shape index (κ1) is 15.6. The number of hydrogen-bond donors (Lipinski definition) is 1. The van der Waals surface area contributed by atoms with Crippen molar-refractivity contribution in [3.63, 3.8) is 0 Å². The Kier molecular flexibility index (Phi) is 4.77. The number of carbonyl (C=O) groups is 2. The molecule has 0 unspecified atom stereocenters. The van der Waals surface area contributed by atoms with Gasteiger partial charge in [-0.3, -0.25) is 9.59 Å². The molecule has 0 radical (unpaired) electrons. The molecule has 3 aromatic rings. The van der Waals surface area contributed by atoms with Gasteiger partial charge >= 0.3 is 0 Å². The third-order valence-corrected chi connectivity index (χ3v) is 3.52. The van der Waals surface area contributed by atoms with Crippen LogP contribution in [-0.2, 0) is 11.2 Å². The van der Waals surface area contributed by atoms with E-state index in [9.17, 15) is 9.59 Å². The molecule has 0 saturated heterocycles. The summed E-state index contributed by atoms with van der Waals surface area (Å²) in [6, 6.07) is 21.6. The second kappa shape index (κ2) is 7.33. The minimum Gasteiger partial charge on any atom is -0.310 e. The molecule has 2 aromatic carbocycles. The normalized spacial score (nSPS) is 10.2. The van der Waals surface area contributed by atoms with E-state index in [1.807, 2.05) is 30.3 Å². The maximum Gasteiger partial charge on any atom is 0.229 e. The highest BCUT2D eigenvalue weighted by atomic mass is 16.1. The maximum absolute atomic E-state index is 12.5. The summed E-state index contributed by atoms with van der Waals surface area (Å²) in [7, 11) is 0. The molecule has 0 fully saturated rings. The average molecular weight is 316 g/mol. The first-order valence-electron chi connectivity index (χ1n) is 7.62. The van der Waals surface area contributed by atoms with E-state index in [0.29, 0.717) is 16.9 Å². The molecule has 0 atom stereocenters. The molecule has 1 heterocycles. The van der Waals surface area contributed by atoms with Gasteiger partial charge < -0.3 is 5.32 Å². The Morgan fingerprint density at radius 3 is 2.33 bits per heavy atom. The van der Waals surface area contributed by atoms with Gasteiger partial charge in [-0.25, -0.2) is 4.98 Å². The van der Waals surface area contributed by atoms with Crippen molar-refractivity contribution in [2.45, 2.75) is 6.42 Å². The number of pyridine rings is 1. The Morgan fingerprint density at radius 2 is 1.58 bits per heavy atom. The van der Waals surface area contributed by atoms with Gasteiger partial charge in [-0.05, 0) is 23.8 Å². The van der Waals surface area contributed by atoms with Crippen molar-refractivity contribution in [1.29, 1.82) is 0 Å². The standard InChI is InChI=1S/C20H16N2O2/c23-19(22-18-11-4-5-12-21-18)14-15-7-6-10-17(13-15)20(24)16-8-2-1-3-9-16/h1-13H,14H2,(H,21,22,23). The fraction of sp³-hybridized carbons (Fsp3) is 0.0500. The predicted molar refractivity (Wildman–Crippen MR) is 92.9 cm³/mol. The van der Waals surface area contributed by atoms with Crippen LogP contribution in [0.2, 0.25) is 0 Å². The number of anilines is 1. The van der Waals surface area contributed by atoms with E-state index in [1.54, 1.807) is 48.7 Å². The lowest BCUT2D eigenvalue weighted by atomic mass is 10.0. The van der Waals surface area contributed by atoms with Crippen LogP contribution in [0.1, 0.15) is 21.5 Å². The number of nitrogens with zero attached hydrogens (tertiary/aromatic N) is 1. The molecule has 4 nitrogen and oxygen atoms in total. The fourth-order valence-corrected chi connectivity index (χ4v) is 2.39. The van der Waals surface area contributed by atoms with E-state index in [4.69, 9.17) is 0 Å². The lowest BCUT2D eigenvalue weighted by molar-refractivity contribution is -0.115. The van der Waals surface area contributed by atoms with Gasteiger partial charge in [-0.15, -0.1) is 0 Å². The molecule has 0 aliphatic carbocycles. The molecule has 1 aromatic heterocycles. The number of ketones is 1. The quantitative estimate of drug-likeness (QED) is 0.733. The van der Waals surface area contributed by atoms with Crippen molar-refractivity contribution in [1.82, 2.24) is 4.98 Å². The summed E-state index contributed by atoms with van der Waals surface area (Å²) in [6.07, 6.45) is 1.81. The fourth-order valence-electron chi connectivity index (χ4n) is 2.39. The van der Waals surface area contributed by atoms with Crippen LogP contribution in [0.15, 0.2) is 79.0 Å². The summed E-state index contributed by atoms with van der Waals surface area (Å²) in [4.78, 5) is 28.6. The lowest BCUT2D eigenvalue weighted by Gasteiger charge is -2.06. The zero-order valence-corrected chi connectivity index (χ0v) is 13.0. The van der Waals surface area contributed by atoms with Crippen molar-refractivity contribution in [2.75, 3.05) is 5.32 Å². The number of benzene rings is 2. The number of aromatic nitrogens is 1. The van der Waals surface area contributed by atoms with Crippen molar-refractivity contribution in [3.05, 3.63) is 95.7 Å². The monoisotopic (exact) mass is 316 g/mol. The van der Waals surface area contributed by atoms with Gasteiger partial charge in [0.05, 0.1) is 6.42 Å². The van der Waals surface area contributed by atoms with E-state index >= 15 is 0 Å². The Bertz CT molecular complexity index is 846. The highest BCUT2D eigenvalue weighted by molar-refractivity contribution is 6.09. The van der Waals surface area contributed by atoms with Crippen LogP contribution in [0.5, 0.6) is 0 Å². The molecular formula is C20H16N2O2. The van der Waals surface area contributed by atoms with Crippen molar-refractivity contribution >= 4 is 17.5 Å². The molecule has 1 N–H and O–H groups in total. The van der Waals surface area contributed by atoms with Gasteiger partial charge in [0.2, 0.25) is 5.91 Å². The third kappa shape index (κ3) is 3.93. The third-order valence-electron chi connectivity index (χ3n) is 3.52. The molecule has 118 valence electrons. The molecule has 0 aliphatic heterocycles. The molecule has 0 saturated carbocycles. The van der Waals surface area contributed by atoms with Crippen molar-refractivity contribution < 1.29 is 9.59 Å². The molecular weight excluding hydrogens is 300 g/mol. The summed E-state index contributed by atoms with van der Waals surface area (Å²) < 4.78 is 0. The van der Waals surface area contributed by atoms with Gasteiger partial charge in [-0.2, -0.15) is 0 Å². The molecule has 3 rings (SSSR count). The molecule has 4 heteroatoms. The highest BCUT2D eigenvalue weighted by Gasteiger charge is 2.10. The first-order valence-corrected chi connectivity index (χ1v) is 7.62. The first-order chi connectivity index (χ1) is 11.7. The maximum atomic E-state index is 12.5. The van der Waals surface area contributed by atoms with Crippen molar-refractivity contribution in [3.8, 4) is 0 Å². The number of carbonyl (C=O) groups excluding carboxylic acids is 2. The van der Waals surface area contributed by atoms with Gasteiger partial charge in [-0.1, -0.05) is 54.6 Å². The topological polar surface area (TPSA) is 59.1 Å². The van der Waals surface area contributed by atoms with Gasteiger partial charge in [0.1, 0.15) is 5.82 Å². The summed E-state index contributed by atoms with van der Waals surface area (Å²) in [5.74, 6) is 0.291. The van der Waals surface area contributed by atoms with E-state index in [1.165, 1.54) is 0 Å². The SMILES string of the molecule is O=C(Cc1cccc(C(=O)c2ccccc2)c1)Nc1ccccn1.